The van der Waals surface area contributed by atoms with Gasteiger partial charge in [0.1, 0.15) is 0 Å². The summed E-state index contributed by atoms with van der Waals surface area (Å²) in [7, 11) is 0. The van der Waals surface area contributed by atoms with Crippen LogP contribution in [-0.2, 0) is 0 Å². The fourth-order valence-corrected chi connectivity index (χ4v) is 1.79. The summed E-state index contributed by atoms with van der Waals surface area (Å²) in [4.78, 5) is 0. The normalized spacial score (nSPS) is 12.6. The number of benzene rings is 2. The molecule has 0 aromatic heterocycles. The lowest BCUT2D eigenvalue weighted by molar-refractivity contribution is 0.199. The van der Waals surface area contributed by atoms with Gasteiger partial charge in [-0.15, -0.1) is 0 Å². The summed E-state index contributed by atoms with van der Waals surface area (Å²) >= 11 is 0. The molecule has 20 heavy (non-hydrogen) atoms. The Balaban J connectivity index is 2.64. The minimum atomic E-state index is -2.19. The van der Waals surface area contributed by atoms with Crippen molar-refractivity contribution in [3.8, 4) is 11.1 Å². The van der Waals surface area contributed by atoms with E-state index >= 15 is 0 Å². The van der Waals surface area contributed by atoms with Crippen molar-refractivity contribution in [3.63, 3.8) is 0 Å². The number of halogens is 5. The molecule has 0 fully saturated rings. The van der Waals surface area contributed by atoms with E-state index < -0.39 is 40.8 Å². The fraction of sp³-hybridized carbons (Fsp3) is 0.143. The second-order valence-corrected chi connectivity index (χ2v) is 4.24. The molecule has 0 bridgehead atoms. The van der Waals surface area contributed by atoms with E-state index in [9.17, 15) is 27.1 Å². The van der Waals surface area contributed by atoms with E-state index in [1.807, 2.05) is 0 Å². The fourth-order valence-electron chi connectivity index (χ4n) is 1.79. The highest BCUT2D eigenvalue weighted by Gasteiger charge is 2.26. The molecule has 2 aromatic rings. The monoisotopic (exact) mass is 288 g/mol. The van der Waals surface area contributed by atoms with Crippen LogP contribution >= 0.6 is 0 Å². The van der Waals surface area contributed by atoms with Crippen molar-refractivity contribution in [1.82, 2.24) is 0 Å². The molecule has 0 amide bonds. The SMILES string of the molecule is C[C@@H](O)c1ccc(-c2c(F)c(F)c(F)c(F)c2F)cc1. The Morgan fingerprint density at radius 1 is 0.750 bits per heavy atom. The lowest BCUT2D eigenvalue weighted by Gasteiger charge is -2.10. The molecule has 106 valence electrons. The van der Waals surface area contributed by atoms with Gasteiger partial charge in [-0.25, -0.2) is 22.0 Å². The largest absolute Gasteiger partial charge is 0.389 e. The molecule has 0 aliphatic heterocycles. The maximum atomic E-state index is 13.6. The first-order valence-electron chi connectivity index (χ1n) is 5.64. The van der Waals surface area contributed by atoms with Gasteiger partial charge in [0.15, 0.2) is 23.3 Å². The number of hydrogen-bond acceptors (Lipinski definition) is 1. The Labute approximate surface area is 111 Å². The first-order valence-corrected chi connectivity index (χ1v) is 5.64. The van der Waals surface area contributed by atoms with Crippen molar-refractivity contribution in [2.24, 2.45) is 0 Å². The van der Waals surface area contributed by atoms with Gasteiger partial charge in [0.2, 0.25) is 5.82 Å². The van der Waals surface area contributed by atoms with Crippen LogP contribution in [0.2, 0.25) is 0 Å². The van der Waals surface area contributed by atoms with Gasteiger partial charge in [-0.1, -0.05) is 24.3 Å². The lowest BCUT2D eigenvalue weighted by Crippen LogP contribution is -2.04. The predicted molar refractivity (Wildman–Crippen MR) is 62.3 cm³/mol. The molecular weight excluding hydrogens is 279 g/mol. The third-order valence-electron chi connectivity index (χ3n) is 2.89. The highest BCUT2D eigenvalue weighted by molar-refractivity contribution is 5.65. The van der Waals surface area contributed by atoms with Crippen LogP contribution in [0.5, 0.6) is 0 Å². The van der Waals surface area contributed by atoms with Gasteiger partial charge in [-0.2, -0.15) is 0 Å². The van der Waals surface area contributed by atoms with Crippen LogP contribution in [0, 0.1) is 29.1 Å². The Morgan fingerprint density at radius 2 is 1.15 bits per heavy atom. The molecule has 2 aromatic carbocycles. The summed E-state index contributed by atoms with van der Waals surface area (Å²) in [6, 6.07) is 5.05. The minimum absolute atomic E-state index is 0.165. The molecule has 6 heteroatoms. The average molecular weight is 288 g/mol. The van der Waals surface area contributed by atoms with Gasteiger partial charge in [-0.3, -0.25) is 0 Å². The lowest BCUT2D eigenvalue weighted by atomic mass is 10.0. The van der Waals surface area contributed by atoms with Crippen LogP contribution in [0.25, 0.3) is 11.1 Å². The number of aliphatic hydroxyl groups is 1. The zero-order valence-electron chi connectivity index (χ0n) is 10.2. The van der Waals surface area contributed by atoms with Crippen LogP contribution in [0.1, 0.15) is 18.6 Å². The smallest absolute Gasteiger partial charge is 0.200 e. The molecule has 0 radical (unpaired) electrons. The molecule has 0 aliphatic rings. The van der Waals surface area contributed by atoms with E-state index in [0.717, 1.165) is 0 Å². The number of aliphatic hydroxyl groups excluding tert-OH is 1. The zero-order valence-corrected chi connectivity index (χ0v) is 10.2. The molecule has 0 aliphatic carbocycles. The molecular formula is C14H9F5O. The van der Waals surface area contributed by atoms with Gasteiger partial charge in [0.25, 0.3) is 0 Å². The summed E-state index contributed by atoms with van der Waals surface area (Å²) < 4.78 is 66.3. The topological polar surface area (TPSA) is 20.2 Å². The van der Waals surface area contributed by atoms with Crippen LogP contribution in [-0.4, -0.2) is 5.11 Å². The molecule has 1 atom stereocenters. The van der Waals surface area contributed by atoms with E-state index in [0.29, 0.717) is 5.56 Å². The molecule has 0 unspecified atom stereocenters. The van der Waals surface area contributed by atoms with Crippen molar-refractivity contribution in [2.45, 2.75) is 13.0 Å². The zero-order chi connectivity index (χ0) is 15.0. The van der Waals surface area contributed by atoms with Crippen molar-refractivity contribution in [3.05, 3.63) is 58.9 Å². The van der Waals surface area contributed by atoms with Crippen LogP contribution in [0.3, 0.4) is 0 Å². The first kappa shape index (κ1) is 14.5. The van der Waals surface area contributed by atoms with E-state index in [-0.39, 0.29) is 5.56 Å². The Kier molecular flexibility index (Phi) is 3.76. The van der Waals surface area contributed by atoms with Crippen molar-refractivity contribution in [2.75, 3.05) is 0 Å². The third-order valence-corrected chi connectivity index (χ3v) is 2.89. The third kappa shape index (κ3) is 2.27. The maximum absolute atomic E-state index is 13.6. The summed E-state index contributed by atoms with van der Waals surface area (Å²) in [5.41, 5.74) is -0.696. The number of hydrogen-bond donors (Lipinski definition) is 1. The first-order chi connectivity index (χ1) is 9.34. The minimum Gasteiger partial charge on any atom is -0.389 e. The van der Waals surface area contributed by atoms with E-state index in [1.54, 1.807) is 0 Å². The summed E-state index contributed by atoms with van der Waals surface area (Å²) in [6.07, 6.45) is -0.805. The average Bonchev–Trinajstić information content (AvgIpc) is 2.44. The molecule has 0 saturated heterocycles. The van der Waals surface area contributed by atoms with Gasteiger partial charge in [-0.05, 0) is 18.1 Å². The second kappa shape index (κ2) is 5.20. The Hall–Kier alpha value is -1.95. The van der Waals surface area contributed by atoms with Gasteiger partial charge in [0.05, 0.1) is 11.7 Å². The van der Waals surface area contributed by atoms with Crippen LogP contribution in [0.15, 0.2) is 24.3 Å². The number of rotatable bonds is 2. The molecule has 0 spiro atoms. The molecule has 0 saturated carbocycles. The van der Waals surface area contributed by atoms with Gasteiger partial charge >= 0.3 is 0 Å². The van der Waals surface area contributed by atoms with Crippen molar-refractivity contribution in [1.29, 1.82) is 0 Å². The Morgan fingerprint density at radius 3 is 1.55 bits per heavy atom. The standard InChI is InChI=1S/C14H9F5O/c1-6(20)7-2-4-8(5-3-7)9-10(15)12(17)14(19)13(18)11(9)16/h2-6,20H,1H3/t6-/m1/s1. The van der Waals surface area contributed by atoms with Gasteiger partial charge < -0.3 is 5.11 Å². The predicted octanol–water partition coefficient (Wildman–Crippen LogP) is 4.10. The van der Waals surface area contributed by atoms with Crippen molar-refractivity contribution >= 4 is 0 Å². The van der Waals surface area contributed by atoms with Crippen LogP contribution < -0.4 is 0 Å². The van der Waals surface area contributed by atoms with E-state index in [4.69, 9.17) is 0 Å². The van der Waals surface area contributed by atoms with E-state index in [2.05, 4.69) is 0 Å². The molecule has 0 heterocycles. The van der Waals surface area contributed by atoms with Gasteiger partial charge in [0, 0.05) is 0 Å². The maximum Gasteiger partial charge on any atom is 0.200 e. The van der Waals surface area contributed by atoms with E-state index in [1.165, 1.54) is 31.2 Å². The summed E-state index contributed by atoms with van der Waals surface area (Å²) in [5.74, 6) is -9.93. The molecule has 1 nitrogen and oxygen atoms in total. The van der Waals surface area contributed by atoms with Crippen LogP contribution in [0.4, 0.5) is 22.0 Å². The quantitative estimate of drug-likeness (QED) is 0.501. The summed E-state index contributed by atoms with van der Waals surface area (Å²) in [5, 5.41) is 9.30. The second-order valence-electron chi connectivity index (χ2n) is 4.24. The highest BCUT2D eigenvalue weighted by atomic mass is 19.2. The molecule has 2 rings (SSSR count). The summed E-state index contributed by atoms with van der Waals surface area (Å²) in [6.45, 7) is 1.48. The molecule has 1 N–H and O–H groups in total. The highest BCUT2D eigenvalue weighted by Crippen LogP contribution is 2.32. The van der Waals surface area contributed by atoms with Crippen molar-refractivity contribution < 1.29 is 27.1 Å². The Bertz CT molecular complexity index is 621.